The minimum absolute atomic E-state index is 0.240. The third-order valence-electron chi connectivity index (χ3n) is 4.22. The Bertz CT molecular complexity index is 912. The summed E-state index contributed by atoms with van der Waals surface area (Å²) < 4.78 is 21.3. The Morgan fingerprint density at radius 3 is 2.29 bits per heavy atom. The van der Waals surface area contributed by atoms with E-state index in [9.17, 15) is 4.79 Å². The molecule has 2 aromatic carbocycles. The summed E-state index contributed by atoms with van der Waals surface area (Å²) >= 11 is 0. The normalized spacial score (nSPS) is 10.4. The Kier molecular flexibility index (Phi) is 6.16. The summed E-state index contributed by atoms with van der Waals surface area (Å²) in [5, 5.41) is 6.69. The second kappa shape index (κ2) is 8.94. The molecule has 0 bridgehead atoms. The van der Waals surface area contributed by atoms with Crippen molar-refractivity contribution in [3.05, 3.63) is 59.8 Å². The highest BCUT2D eigenvalue weighted by atomic mass is 16.5. The highest BCUT2D eigenvalue weighted by Crippen LogP contribution is 2.38. The maximum Gasteiger partial charge on any atom is 0.273 e. The summed E-state index contributed by atoms with van der Waals surface area (Å²) in [5.74, 6) is 1.95. The second-order valence-electron chi connectivity index (χ2n) is 5.98. The molecule has 1 N–H and O–H groups in total. The number of hydrogen-bond acceptors (Lipinski definition) is 6. The predicted octanol–water partition coefficient (Wildman–Crippen LogP) is 3.34. The standard InChI is InChI=1S/C21H22N2O5/c1-25-18-11-14(12-19(26-2)20(18)27-3)9-10-22-21(24)16-13-17(28-23-16)15-7-5-4-6-8-15/h4-8,11-13H,9-10H2,1-3H3,(H,22,24). The van der Waals surface area contributed by atoms with Crippen molar-refractivity contribution in [1.82, 2.24) is 10.5 Å². The third-order valence-corrected chi connectivity index (χ3v) is 4.22. The van der Waals surface area contributed by atoms with Crippen LogP contribution in [0.15, 0.2) is 53.1 Å². The van der Waals surface area contributed by atoms with E-state index < -0.39 is 0 Å². The lowest BCUT2D eigenvalue weighted by Gasteiger charge is -2.14. The number of nitrogens with zero attached hydrogens (tertiary/aromatic N) is 1. The molecule has 28 heavy (non-hydrogen) atoms. The molecule has 7 nitrogen and oxygen atoms in total. The number of carbonyl (C=O) groups is 1. The van der Waals surface area contributed by atoms with Gasteiger partial charge < -0.3 is 24.1 Å². The average Bonchev–Trinajstić information content (AvgIpc) is 3.24. The van der Waals surface area contributed by atoms with Gasteiger partial charge in [0.15, 0.2) is 23.0 Å². The van der Waals surface area contributed by atoms with Gasteiger partial charge in [-0.2, -0.15) is 0 Å². The number of ether oxygens (including phenoxy) is 3. The van der Waals surface area contributed by atoms with E-state index in [0.717, 1.165) is 11.1 Å². The Labute approximate surface area is 163 Å². The topological polar surface area (TPSA) is 82.8 Å². The molecule has 7 heteroatoms. The van der Waals surface area contributed by atoms with Gasteiger partial charge in [0.25, 0.3) is 5.91 Å². The van der Waals surface area contributed by atoms with Crippen LogP contribution in [0.2, 0.25) is 0 Å². The first kappa shape index (κ1) is 19.3. The molecule has 146 valence electrons. The smallest absolute Gasteiger partial charge is 0.273 e. The molecule has 1 amide bonds. The summed E-state index contributed by atoms with van der Waals surface area (Å²) in [7, 11) is 4.69. The maximum atomic E-state index is 12.3. The Morgan fingerprint density at radius 1 is 1.00 bits per heavy atom. The molecule has 1 aromatic heterocycles. The van der Waals surface area contributed by atoms with Crippen LogP contribution >= 0.6 is 0 Å². The summed E-state index contributed by atoms with van der Waals surface area (Å²) in [6, 6.07) is 14.8. The predicted molar refractivity (Wildman–Crippen MR) is 104 cm³/mol. The molecular weight excluding hydrogens is 360 g/mol. The average molecular weight is 382 g/mol. The molecule has 0 saturated heterocycles. The lowest BCUT2D eigenvalue weighted by molar-refractivity contribution is 0.0945. The van der Waals surface area contributed by atoms with Gasteiger partial charge in [0, 0.05) is 18.2 Å². The molecule has 0 aliphatic carbocycles. The van der Waals surface area contributed by atoms with E-state index in [1.807, 2.05) is 42.5 Å². The fraction of sp³-hybridized carbons (Fsp3) is 0.238. The van der Waals surface area contributed by atoms with Gasteiger partial charge in [0.2, 0.25) is 5.75 Å². The number of carbonyl (C=O) groups excluding carboxylic acids is 1. The highest BCUT2D eigenvalue weighted by Gasteiger charge is 2.15. The van der Waals surface area contributed by atoms with E-state index in [4.69, 9.17) is 18.7 Å². The van der Waals surface area contributed by atoms with Crippen LogP contribution in [0.25, 0.3) is 11.3 Å². The number of amides is 1. The van der Waals surface area contributed by atoms with E-state index in [1.54, 1.807) is 27.4 Å². The van der Waals surface area contributed by atoms with Crippen LogP contribution in [0, 0.1) is 0 Å². The molecule has 0 aliphatic rings. The monoisotopic (exact) mass is 382 g/mol. The van der Waals surface area contributed by atoms with Crippen LogP contribution in [0.3, 0.4) is 0 Å². The quantitative estimate of drug-likeness (QED) is 0.643. The number of aromatic nitrogens is 1. The molecule has 3 aromatic rings. The van der Waals surface area contributed by atoms with Crippen molar-refractivity contribution in [3.63, 3.8) is 0 Å². The number of hydrogen-bond donors (Lipinski definition) is 1. The first-order valence-corrected chi connectivity index (χ1v) is 8.75. The van der Waals surface area contributed by atoms with Crippen molar-refractivity contribution < 1.29 is 23.5 Å². The van der Waals surface area contributed by atoms with Gasteiger partial charge in [-0.3, -0.25) is 4.79 Å². The lowest BCUT2D eigenvalue weighted by Crippen LogP contribution is -2.25. The van der Waals surface area contributed by atoms with Crippen molar-refractivity contribution in [3.8, 4) is 28.6 Å². The van der Waals surface area contributed by atoms with Crippen LogP contribution < -0.4 is 19.5 Å². The molecule has 1 heterocycles. The fourth-order valence-electron chi connectivity index (χ4n) is 2.81. The van der Waals surface area contributed by atoms with E-state index >= 15 is 0 Å². The van der Waals surface area contributed by atoms with E-state index in [2.05, 4.69) is 10.5 Å². The Hall–Kier alpha value is -3.48. The van der Waals surface area contributed by atoms with E-state index in [-0.39, 0.29) is 11.6 Å². The molecular formula is C21H22N2O5. The third kappa shape index (κ3) is 4.25. The summed E-state index contributed by atoms with van der Waals surface area (Å²) in [4.78, 5) is 12.3. The van der Waals surface area contributed by atoms with Gasteiger partial charge in [-0.15, -0.1) is 0 Å². The van der Waals surface area contributed by atoms with Gasteiger partial charge >= 0.3 is 0 Å². The van der Waals surface area contributed by atoms with Gasteiger partial charge in [0.05, 0.1) is 21.3 Å². The zero-order valence-electron chi connectivity index (χ0n) is 16.0. The summed E-state index contributed by atoms with van der Waals surface area (Å²) in [5.41, 5.74) is 2.05. The fourth-order valence-corrected chi connectivity index (χ4v) is 2.81. The zero-order valence-corrected chi connectivity index (χ0v) is 16.0. The summed E-state index contributed by atoms with van der Waals surface area (Å²) in [6.45, 7) is 0.422. The van der Waals surface area contributed by atoms with Crippen molar-refractivity contribution in [2.75, 3.05) is 27.9 Å². The minimum Gasteiger partial charge on any atom is -0.493 e. The van der Waals surface area contributed by atoms with Crippen LogP contribution in [-0.2, 0) is 6.42 Å². The maximum absolute atomic E-state index is 12.3. The van der Waals surface area contributed by atoms with Crippen LogP contribution in [0.5, 0.6) is 17.2 Å². The van der Waals surface area contributed by atoms with Crippen molar-refractivity contribution in [1.29, 1.82) is 0 Å². The highest BCUT2D eigenvalue weighted by molar-refractivity contribution is 5.93. The molecule has 0 saturated carbocycles. The lowest BCUT2D eigenvalue weighted by atomic mass is 10.1. The molecule has 0 unspecified atom stereocenters. The zero-order chi connectivity index (χ0) is 19.9. The van der Waals surface area contributed by atoms with Crippen molar-refractivity contribution in [2.45, 2.75) is 6.42 Å². The molecule has 0 spiro atoms. The Morgan fingerprint density at radius 2 is 1.68 bits per heavy atom. The summed E-state index contributed by atoms with van der Waals surface area (Å²) in [6.07, 6.45) is 0.589. The number of rotatable bonds is 8. The molecule has 0 radical (unpaired) electrons. The molecule has 0 atom stereocenters. The van der Waals surface area contributed by atoms with Crippen molar-refractivity contribution >= 4 is 5.91 Å². The SMILES string of the molecule is COc1cc(CCNC(=O)c2cc(-c3ccccc3)on2)cc(OC)c1OC. The van der Waals surface area contributed by atoms with Crippen LogP contribution in [-0.4, -0.2) is 38.9 Å². The van der Waals surface area contributed by atoms with E-state index in [0.29, 0.717) is 36.0 Å². The molecule has 0 fully saturated rings. The van der Waals surface area contributed by atoms with Gasteiger partial charge in [-0.25, -0.2) is 0 Å². The number of nitrogens with one attached hydrogen (secondary N) is 1. The van der Waals surface area contributed by atoms with Crippen LogP contribution in [0.1, 0.15) is 16.1 Å². The molecule has 0 aliphatic heterocycles. The number of methoxy groups -OCH3 is 3. The van der Waals surface area contributed by atoms with Crippen LogP contribution in [0.4, 0.5) is 0 Å². The number of benzene rings is 2. The van der Waals surface area contributed by atoms with E-state index in [1.165, 1.54) is 0 Å². The van der Waals surface area contributed by atoms with Gasteiger partial charge in [-0.1, -0.05) is 35.5 Å². The first-order valence-electron chi connectivity index (χ1n) is 8.75. The molecule has 3 rings (SSSR count). The minimum atomic E-state index is -0.293. The second-order valence-corrected chi connectivity index (χ2v) is 5.98. The first-order chi connectivity index (χ1) is 13.7. The van der Waals surface area contributed by atoms with Gasteiger partial charge in [0.1, 0.15) is 0 Å². The van der Waals surface area contributed by atoms with Crippen molar-refractivity contribution in [2.24, 2.45) is 0 Å². The Balaban J connectivity index is 1.62. The van der Waals surface area contributed by atoms with Gasteiger partial charge in [-0.05, 0) is 24.1 Å². The largest absolute Gasteiger partial charge is 0.493 e.